The first kappa shape index (κ1) is 9.32. The minimum atomic E-state index is -0.481. The summed E-state index contributed by atoms with van der Waals surface area (Å²) in [5.41, 5.74) is 6.54. The van der Waals surface area contributed by atoms with Crippen LogP contribution in [-0.2, 0) is 4.79 Å². The number of aryl methyl sites for hydroxylation is 1. The third-order valence-electron chi connectivity index (χ3n) is 1.66. The van der Waals surface area contributed by atoms with Crippen LogP contribution in [0, 0.1) is 6.92 Å². The fourth-order valence-electron chi connectivity index (χ4n) is 0.961. The molecule has 0 aliphatic carbocycles. The zero-order valence-corrected chi connectivity index (χ0v) is 7.32. The average Bonchev–Trinajstić information content (AvgIpc) is 2.07. The first-order valence-electron chi connectivity index (χ1n) is 3.87. The minimum Gasteiger partial charge on any atom is -0.508 e. The lowest BCUT2D eigenvalue weighted by Crippen LogP contribution is -2.05. The summed E-state index contributed by atoms with van der Waals surface area (Å²) in [6.45, 7) is 1.79. The van der Waals surface area contributed by atoms with Crippen molar-refractivity contribution in [3.63, 3.8) is 0 Å². The number of nitrogens with two attached hydrogens (primary N) is 1. The topological polar surface area (TPSA) is 63.3 Å². The van der Waals surface area contributed by atoms with Crippen molar-refractivity contribution in [3.05, 3.63) is 35.4 Å². The first-order chi connectivity index (χ1) is 6.09. The number of primary amides is 1. The smallest absolute Gasteiger partial charge is 0.241 e. The molecule has 1 amide bonds. The number of hydrogen-bond acceptors (Lipinski definition) is 2. The van der Waals surface area contributed by atoms with Crippen molar-refractivity contribution in [1.82, 2.24) is 0 Å². The molecule has 13 heavy (non-hydrogen) atoms. The summed E-state index contributed by atoms with van der Waals surface area (Å²) in [4.78, 5) is 10.4. The molecule has 3 nitrogen and oxygen atoms in total. The van der Waals surface area contributed by atoms with Gasteiger partial charge >= 0.3 is 0 Å². The van der Waals surface area contributed by atoms with Gasteiger partial charge in [-0.3, -0.25) is 4.79 Å². The lowest BCUT2D eigenvalue weighted by Gasteiger charge is -1.98. The van der Waals surface area contributed by atoms with Gasteiger partial charge in [-0.05, 0) is 36.3 Å². The number of phenolic OH excluding ortho intramolecular Hbond substituents is 1. The molecule has 0 atom stereocenters. The molecule has 0 fully saturated rings. The summed E-state index contributed by atoms with van der Waals surface area (Å²) in [5.74, 6) is -0.234. The van der Waals surface area contributed by atoms with E-state index in [-0.39, 0.29) is 5.75 Å². The zero-order valence-electron chi connectivity index (χ0n) is 7.32. The van der Waals surface area contributed by atoms with E-state index < -0.39 is 5.91 Å². The highest BCUT2D eigenvalue weighted by Crippen LogP contribution is 2.17. The van der Waals surface area contributed by atoms with Crippen molar-refractivity contribution in [1.29, 1.82) is 0 Å². The Hall–Kier alpha value is -1.77. The van der Waals surface area contributed by atoms with Crippen LogP contribution in [0.25, 0.3) is 6.08 Å². The normalized spacial score (nSPS) is 10.5. The fraction of sp³-hybridized carbons (Fsp3) is 0.100. The van der Waals surface area contributed by atoms with E-state index in [1.165, 1.54) is 6.08 Å². The van der Waals surface area contributed by atoms with Gasteiger partial charge in [0.05, 0.1) is 0 Å². The Morgan fingerprint density at radius 2 is 2.23 bits per heavy atom. The Labute approximate surface area is 76.5 Å². The third kappa shape index (κ3) is 2.63. The predicted octanol–water partition coefficient (Wildman–Crippen LogP) is 1.20. The van der Waals surface area contributed by atoms with Gasteiger partial charge in [-0.15, -0.1) is 0 Å². The second kappa shape index (κ2) is 3.76. The molecule has 0 saturated carbocycles. The highest BCUT2D eigenvalue weighted by atomic mass is 16.3. The molecular weight excluding hydrogens is 166 g/mol. The number of amides is 1. The molecule has 0 aromatic heterocycles. The van der Waals surface area contributed by atoms with Gasteiger partial charge in [-0.25, -0.2) is 0 Å². The fourth-order valence-corrected chi connectivity index (χ4v) is 0.961. The van der Waals surface area contributed by atoms with Crippen LogP contribution in [0.5, 0.6) is 5.75 Å². The highest BCUT2D eigenvalue weighted by Gasteiger charge is 1.95. The van der Waals surface area contributed by atoms with Crippen LogP contribution in [0.3, 0.4) is 0 Å². The zero-order chi connectivity index (χ0) is 9.84. The Morgan fingerprint density at radius 3 is 2.77 bits per heavy atom. The lowest BCUT2D eigenvalue weighted by atomic mass is 10.1. The monoisotopic (exact) mass is 177 g/mol. The highest BCUT2D eigenvalue weighted by molar-refractivity contribution is 5.90. The van der Waals surface area contributed by atoms with Gasteiger partial charge in [0.15, 0.2) is 0 Å². The minimum absolute atomic E-state index is 0.247. The standard InChI is InChI=1S/C10H11NO2/c1-7-6-8(2-4-9(7)12)3-5-10(11)13/h2-6,12H,1H3,(H2,11,13)/b5-3+. The van der Waals surface area contributed by atoms with Crippen molar-refractivity contribution in [2.75, 3.05) is 0 Å². The van der Waals surface area contributed by atoms with Crippen LogP contribution >= 0.6 is 0 Å². The quantitative estimate of drug-likeness (QED) is 0.666. The van der Waals surface area contributed by atoms with Crippen LogP contribution in [0.2, 0.25) is 0 Å². The van der Waals surface area contributed by atoms with Crippen LogP contribution in [-0.4, -0.2) is 11.0 Å². The number of carbonyl (C=O) groups is 1. The number of hydrogen-bond donors (Lipinski definition) is 2. The number of phenols is 1. The molecule has 1 rings (SSSR count). The molecule has 0 spiro atoms. The lowest BCUT2D eigenvalue weighted by molar-refractivity contribution is -0.113. The summed E-state index contributed by atoms with van der Waals surface area (Å²) < 4.78 is 0. The van der Waals surface area contributed by atoms with Crippen LogP contribution in [0.4, 0.5) is 0 Å². The molecule has 0 saturated heterocycles. The van der Waals surface area contributed by atoms with E-state index in [9.17, 15) is 9.90 Å². The third-order valence-corrected chi connectivity index (χ3v) is 1.66. The van der Waals surface area contributed by atoms with Crippen LogP contribution in [0.15, 0.2) is 24.3 Å². The second-order valence-electron chi connectivity index (χ2n) is 2.78. The molecule has 3 N–H and O–H groups in total. The molecule has 0 heterocycles. The summed E-state index contributed by atoms with van der Waals surface area (Å²) in [6, 6.07) is 5.06. The van der Waals surface area contributed by atoms with Crippen molar-refractivity contribution >= 4 is 12.0 Å². The summed E-state index contributed by atoms with van der Waals surface area (Å²) in [7, 11) is 0. The maximum absolute atomic E-state index is 10.4. The molecular formula is C10H11NO2. The van der Waals surface area contributed by atoms with E-state index in [0.29, 0.717) is 0 Å². The number of benzene rings is 1. The molecule has 1 aromatic rings. The van der Waals surface area contributed by atoms with Crippen molar-refractivity contribution < 1.29 is 9.90 Å². The summed E-state index contributed by atoms with van der Waals surface area (Å²) in [5, 5.41) is 9.21. The second-order valence-corrected chi connectivity index (χ2v) is 2.78. The van der Waals surface area contributed by atoms with E-state index in [4.69, 9.17) is 5.73 Å². The SMILES string of the molecule is Cc1cc(/C=C/C(N)=O)ccc1O. The predicted molar refractivity (Wildman–Crippen MR) is 51.1 cm³/mol. The van der Waals surface area contributed by atoms with E-state index in [1.807, 2.05) is 0 Å². The average molecular weight is 177 g/mol. The molecule has 0 aliphatic rings. The van der Waals surface area contributed by atoms with Gasteiger partial charge in [0.25, 0.3) is 0 Å². The molecule has 3 heteroatoms. The first-order valence-corrected chi connectivity index (χ1v) is 3.87. The van der Waals surface area contributed by atoms with Gasteiger partial charge in [0.2, 0.25) is 5.91 Å². The Morgan fingerprint density at radius 1 is 1.54 bits per heavy atom. The van der Waals surface area contributed by atoms with E-state index in [0.717, 1.165) is 11.1 Å². The van der Waals surface area contributed by atoms with Crippen molar-refractivity contribution in [3.8, 4) is 5.75 Å². The molecule has 0 bridgehead atoms. The summed E-state index contributed by atoms with van der Waals surface area (Å²) in [6.07, 6.45) is 2.89. The maximum atomic E-state index is 10.4. The van der Waals surface area contributed by atoms with Crippen LogP contribution < -0.4 is 5.73 Å². The molecule has 0 aliphatic heterocycles. The number of carbonyl (C=O) groups excluding carboxylic acids is 1. The van der Waals surface area contributed by atoms with Gasteiger partial charge < -0.3 is 10.8 Å². The molecule has 1 aromatic carbocycles. The summed E-state index contributed by atoms with van der Waals surface area (Å²) >= 11 is 0. The Kier molecular flexibility index (Phi) is 2.69. The number of rotatable bonds is 2. The van der Waals surface area contributed by atoms with E-state index >= 15 is 0 Å². The van der Waals surface area contributed by atoms with Gasteiger partial charge in [0, 0.05) is 6.08 Å². The largest absolute Gasteiger partial charge is 0.508 e. The molecule has 0 unspecified atom stereocenters. The van der Waals surface area contributed by atoms with E-state index in [2.05, 4.69) is 0 Å². The Balaban J connectivity index is 2.92. The van der Waals surface area contributed by atoms with Gasteiger partial charge in [-0.2, -0.15) is 0 Å². The maximum Gasteiger partial charge on any atom is 0.241 e. The number of aromatic hydroxyl groups is 1. The Bertz CT molecular complexity index is 356. The molecule has 68 valence electrons. The van der Waals surface area contributed by atoms with E-state index in [1.54, 1.807) is 31.2 Å². The van der Waals surface area contributed by atoms with Crippen molar-refractivity contribution in [2.24, 2.45) is 5.73 Å². The van der Waals surface area contributed by atoms with Crippen LogP contribution in [0.1, 0.15) is 11.1 Å². The van der Waals surface area contributed by atoms with Gasteiger partial charge in [-0.1, -0.05) is 6.07 Å². The van der Waals surface area contributed by atoms with Gasteiger partial charge in [0.1, 0.15) is 5.75 Å². The molecule has 0 radical (unpaired) electrons. The van der Waals surface area contributed by atoms with Crippen molar-refractivity contribution in [2.45, 2.75) is 6.92 Å².